The summed E-state index contributed by atoms with van der Waals surface area (Å²) in [7, 11) is 0.652. The smallest absolute Gasteiger partial charge is 0.338 e. The van der Waals surface area contributed by atoms with Crippen LogP contribution in [0.4, 0.5) is 5.69 Å². The van der Waals surface area contributed by atoms with Crippen LogP contribution in [0, 0.1) is 6.92 Å². The molecular weight excluding hydrogens is 528 g/mol. The van der Waals surface area contributed by atoms with Gasteiger partial charge in [0.15, 0.2) is 0 Å². The molecule has 3 N–H and O–H groups in total. The molecule has 1 aromatic heterocycles. The largest absolute Gasteiger partial charge is 0.465 e. The number of hydrogen-bond acceptors (Lipinski definition) is 5. The minimum Gasteiger partial charge on any atom is -0.465 e. The molecule has 210 valence electrons. The monoisotopic (exact) mass is 562 g/mol. The lowest BCUT2D eigenvalue weighted by atomic mass is 9.98. The highest BCUT2D eigenvalue weighted by Crippen LogP contribution is 2.28. The van der Waals surface area contributed by atoms with Crippen molar-refractivity contribution in [2.75, 3.05) is 26.5 Å². The standard InChI is InChI=1S/C29H34N6O4S/c1-6-9-26-32-27-19(2)16-22(31-29(34(3)4)33-40(30,37)38)17-25(27)35(26)18-20-12-14-21(15-13-20)23-10-7-8-11-24(23)28(36)39-5/h7-8,10-17H,6,9,18H2,1-5H3,(H,31,33)(H2,30,37,38). The highest BCUT2D eigenvalue weighted by atomic mass is 32.2. The van der Waals surface area contributed by atoms with Gasteiger partial charge in [-0.05, 0) is 53.8 Å². The van der Waals surface area contributed by atoms with E-state index in [0.29, 0.717) is 17.8 Å². The summed E-state index contributed by atoms with van der Waals surface area (Å²) < 4.78 is 34.0. The third kappa shape index (κ3) is 6.49. The lowest BCUT2D eigenvalue weighted by molar-refractivity contribution is 0.0601. The van der Waals surface area contributed by atoms with Crippen LogP contribution in [0.2, 0.25) is 0 Å². The van der Waals surface area contributed by atoms with E-state index < -0.39 is 10.2 Å². The highest BCUT2D eigenvalue weighted by Gasteiger charge is 2.17. The Morgan fingerprint density at radius 3 is 2.45 bits per heavy atom. The number of ether oxygens (including phenoxy) is 1. The molecule has 0 bridgehead atoms. The first-order valence-electron chi connectivity index (χ1n) is 12.8. The maximum absolute atomic E-state index is 12.3. The second-order valence-electron chi connectivity index (χ2n) is 9.71. The predicted octanol–water partition coefficient (Wildman–Crippen LogP) is 4.33. The zero-order chi connectivity index (χ0) is 29.0. The van der Waals surface area contributed by atoms with E-state index in [1.807, 2.05) is 61.5 Å². The molecule has 11 heteroatoms. The maximum Gasteiger partial charge on any atom is 0.338 e. The molecular formula is C29H34N6O4S. The number of guanidine groups is 1. The third-order valence-corrected chi connectivity index (χ3v) is 6.86. The van der Waals surface area contributed by atoms with Gasteiger partial charge in [0.2, 0.25) is 5.96 Å². The van der Waals surface area contributed by atoms with Crippen molar-refractivity contribution in [3.63, 3.8) is 0 Å². The van der Waals surface area contributed by atoms with Crippen molar-refractivity contribution in [1.29, 1.82) is 0 Å². The Morgan fingerprint density at radius 1 is 1.12 bits per heavy atom. The van der Waals surface area contributed by atoms with E-state index in [0.717, 1.165) is 52.0 Å². The lowest BCUT2D eigenvalue weighted by Crippen LogP contribution is -2.31. The van der Waals surface area contributed by atoms with E-state index in [1.165, 1.54) is 7.11 Å². The van der Waals surface area contributed by atoms with Gasteiger partial charge in [0.25, 0.3) is 0 Å². The van der Waals surface area contributed by atoms with Crippen LogP contribution in [0.5, 0.6) is 0 Å². The number of rotatable bonds is 8. The molecule has 3 aromatic carbocycles. The molecule has 0 amide bonds. The summed E-state index contributed by atoms with van der Waals surface area (Å²) in [6.07, 6.45) is 1.74. The molecule has 0 spiro atoms. The van der Waals surface area contributed by atoms with Crippen molar-refractivity contribution in [3.05, 3.63) is 83.2 Å². The number of aryl methyl sites for hydroxylation is 2. The summed E-state index contributed by atoms with van der Waals surface area (Å²) in [4.78, 5) is 18.7. The minimum atomic E-state index is -4.09. The summed E-state index contributed by atoms with van der Waals surface area (Å²) in [5.41, 5.74) is 6.72. The van der Waals surface area contributed by atoms with Crippen molar-refractivity contribution < 1.29 is 17.9 Å². The van der Waals surface area contributed by atoms with Crippen molar-refractivity contribution in [1.82, 2.24) is 14.5 Å². The van der Waals surface area contributed by atoms with Crippen molar-refractivity contribution in [3.8, 4) is 11.1 Å². The number of nitrogens with two attached hydrogens (primary N) is 1. The first-order chi connectivity index (χ1) is 19.0. The van der Waals surface area contributed by atoms with Gasteiger partial charge in [0.1, 0.15) is 5.82 Å². The fourth-order valence-corrected chi connectivity index (χ4v) is 5.01. The molecule has 4 aromatic rings. The zero-order valence-corrected chi connectivity index (χ0v) is 24.1. The SMILES string of the molecule is CCCc1nc2c(C)cc(N/C(=N\S(N)(=O)=O)N(C)C)cc2n1Cc1ccc(-c2ccccc2C(=O)OC)cc1. The van der Waals surface area contributed by atoms with Gasteiger partial charge < -0.3 is 19.5 Å². The first-order valence-corrected chi connectivity index (χ1v) is 14.3. The predicted molar refractivity (Wildman–Crippen MR) is 159 cm³/mol. The molecule has 0 atom stereocenters. The molecule has 0 radical (unpaired) electrons. The van der Waals surface area contributed by atoms with Gasteiger partial charge in [-0.25, -0.2) is 14.9 Å². The molecule has 1 heterocycles. The van der Waals surface area contributed by atoms with Crippen molar-refractivity contribution >= 4 is 38.9 Å². The molecule has 0 fully saturated rings. The summed E-state index contributed by atoms with van der Waals surface area (Å²) in [5, 5.41) is 8.24. The summed E-state index contributed by atoms with van der Waals surface area (Å²) >= 11 is 0. The summed E-state index contributed by atoms with van der Waals surface area (Å²) in [6.45, 7) is 4.67. The van der Waals surface area contributed by atoms with Gasteiger partial charge in [-0.15, -0.1) is 4.40 Å². The summed E-state index contributed by atoms with van der Waals surface area (Å²) in [6, 6.07) is 19.3. The van der Waals surface area contributed by atoms with Crippen LogP contribution < -0.4 is 10.5 Å². The first kappa shape index (κ1) is 28.8. The van der Waals surface area contributed by atoms with E-state index in [9.17, 15) is 13.2 Å². The number of nitrogens with one attached hydrogen (secondary N) is 1. The number of aromatic nitrogens is 2. The van der Waals surface area contributed by atoms with E-state index in [2.05, 4.69) is 21.2 Å². The average Bonchev–Trinajstić information content (AvgIpc) is 3.25. The van der Waals surface area contributed by atoms with Gasteiger partial charge in [-0.1, -0.05) is 49.4 Å². The normalized spacial score (nSPS) is 12.0. The van der Waals surface area contributed by atoms with Crippen LogP contribution in [-0.2, 0) is 27.9 Å². The quantitative estimate of drug-likeness (QED) is 0.186. The lowest BCUT2D eigenvalue weighted by Gasteiger charge is -2.17. The Bertz CT molecular complexity index is 1670. The Balaban J connectivity index is 1.73. The van der Waals surface area contributed by atoms with Crippen LogP contribution in [0.1, 0.15) is 40.7 Å². The van der Waals surface area contributed by atoms with Gasteiger partial charge in [0, 0.05) is 32.7 Å². The molecule has 0 saturated heterocycles. The number of nitrogens with zero attached hydrogens (tertiary/aromatic N) is 4. The number of fused-ring (bicyclic) bond motifs is 1. The molecule has 4 rings (SSSR count). The Kier molecular flexibility index (Phi) is 8.55. The number of esters is 1. The number of imidazole rings is 1. The number of anilines is 1. The van der Waals surface area contributed by atoms with Crippen molar-refractivity contribution in [2.45, 2.75) is 33.2 Å². The van der Waals surface area contributed by atoms with E-state index in [-0.39, 0.29) is 11.9 Å². The van der Waals surface area contributed by atoms with Gasteiger partial charge >= 0.3 is 16.2 Å². The second kappa shape index (κ2) is 11.9. The van der Waals surface area contributed by atoms with E-state index >= 15 is 0 Å². The molecule has 0 unspecified atom stereocenters. The number of methoxy groups -OCH3 is 1. The zero-order valence-electron chi connectivity index (χ0n) is 23.3. The third-order valence-electron chi connectivity index (χ3n) is 6.43. The highest BCUT2D eigenvalue weighted by molar-refractivity contribution is 7.88. The van der Waals surface area contributed by atoms with Crippen molar-refractivity contribution in [2.24, 2.45) is 9.54 Å². The number of carbonyl (C=O) groups is 1. The number of hydrogen-bond donors (Lipinski definition) is 2. The molecule has 40 heavy (non-hydrogen) atoms. The molecule has 10 nitrogen and oxygen atoms in total. The molecule has 0 aliphatic heterocycles. The molecule has 0 aliphatic carbocycles. The van der Waals surface area contributed by atoms with Crippen LogP contribution >= 0.6 is 0 Å². The second-order valence-corrected chi connectivity index (χ2v) is 10.9. The minimum absolute atomic E-state index is 0.101. The van der Waals surface area contributed by atoms with Crippen LogP contribution in [0.15, 0.2) is 65.1 Å². The van der Waals surface area contributed by atoms with Gasteiger partial charge in [-0.2, -0.15) is 8.42 Å². The number of benzene rings is 3. The van der Waals surface area contributed by atoms with Crippen LogP contribution in [-0.4, -0.2) is 56.0 Å². The van der Waals surface area contributed by atoms with Gasteiger partial charge in [-0.3, -0.25) is 0 Å². The Morgan fingerprint density at radius 2 is 1.82 bits per heavy atom. The van der Waals surface area contributed by atoms with E-state index in [1.54, 1.807) is 25.1 Å². The summed E-state index contributed by atoms with van der Waals surface area (Å²) in [5.74, 6) is 0.688. The molecule has 0 saturated carbocycles. The van der Waals surface area contributed by atoms with Crippen LogP contribution in [0.25, 0.3) is 22.2 Å². The maximum atomic E-state index is 12.3. The van der Waals surface area contributed by atoms with E-state index in [4.69, 9.17) is 14.9 Å². The van der Waals surface area contributed by atoms with Gasteiger partial charge in [0.05, 0.1) is 23.7 Å². The fourth-order valence-electron chi connectivity index (χ4n) is 4.56. The van der Waals surface area contributed by atoms with Crippen LogP contribution in [0.3, 0.4) is 0 Å². The average molecular weight is 563 g/mol. The Labute approximate surface area is 234 Å². The topological polar surface area (TPSA) is 132 Å². The fraction of sp³-hybridized carbons (Fsp3) is 0.276. The Hall–Kier alpha value is -4.22. The molecule has 0 aliphatic rings. The number of carbonyl (C=O) groups excluding carboxylic acids is 1.